The number of aliphatic hydroxyl groups is 1. The van der Waals surface area contributed by atoms with E-state index in [0.717, 1.165) is 31.6 Å². The fourth-order valence-corrected chi connectivity index (χ4v) is 1.80. The van der Waals surface area contributed by atoms with Crippen LogP contribution in [0.4, 0.5) is 0 Å². The summed E-state index contributed by atoms with van der Waals surface area (Å²) < 4.78 is 0. The van der Waals surface area contributed by atoms with Crippen molar-refractivity contribution in [2.75, 3.05) is 13.1 Å². The molecule has 1 aliphatic rings. The SMILES string of the molecule is OC1(Cc2cc[nH]n2)CCNCC1. The molecular formula is C9H15N3O. The number of H-pyrrole nitrogens is 1. The molecule has 2 heterocycles. The van der Waals surface area contributed by atoms with Crippen molar-refractivity contribution in [1.82, 2.24) is 15.5 Å². The van der Waals surface area contributed by atoms with E-state index in [1.54, 1.807) is 6.20 Å². The van der Waals surface area contributed by atoms with Gasteiger partial charge in [-0.15, -0.1) is 0 Å². The van der Waals surface area contributed by atoms with Gasteiger partial charge in [0.15, 0.2) is 0 Å². The first-order valence-electron chi connectivity index (χ1n) is 4.70. The van der Waals surface area contributed by atoms with Crippen LogP contribution in [0.3, 0.4) is 0 Å². The first-order chi connectivity index (χ1) is 6.29. The summed E-state index contributed by atoms with van der Waals surface area (Å²) in [6.07, 6.45) is 4.09. The predicted molar refractivity (Wildman–Crippen MR) is 49.3 cm³/mol. The van der Waals surface area contributed by atoms with Crippen molar-refractivity contribution in [3.63, 3.8) is 0 Å². The molecule has 0 spiro atoms. The third kappa shape index (κ3) is 2.08. The molecule has 3 N–H and O–H groups in total. The Hall–Kier alpha value is -0.870. The summed E-state index contributed by atoms with van der Waals surface area (Å²) >= 11 is 0. The average molecular weight is 181 g/mol. The molecular weight excluding hydrogens is 166 g/mol. The second-order valence-electron chi connectivity index (χ2n) is 3.72. The lowest BCUT2D eigenvalue weighted by Gasteiger charge is -2.31. The summed E-state index contributed by atoms with van der Waals surface area (Å²) in [7, 11) is 0. The highest BCUT2D eigenvalue weighted by Gasteiger charge is 2.29. The van der Waals surface area contributed by atoms with Gasteiger partial charge in [0.1, 0.15) is 0 Å². The molecule has 0 unspecified atom stereocenters. The Balaban J connectivity index is 1.99. The van der Waals surface area contributed by atoms with Crippen LogP contribution in [0.1, 0.15) is 18.5 Å². The molecule has 4 nitrogen and oxygen atoms in total. The van der Waals surface area contributed by atoms with Crippen LogP contribution in [0.25, 0.3) is 0 Å². The van der Waals surface area contributed by atoms with Crippen molar-refractivity contribution >= 4 is 0 Å². The molecule has 0 atom stereocenters. The number of nitrogens with one attached hydrogen (secondary N) is 2. The van der Waals surface area contributed by atoms with Gasteiger partial charge in [-0.3, -0.25) is 5.10 Å². The van der Waals surface area contributed by atoms with Crippen LogP contribution >= 0.6 is 0 Å². The molecule has 1 aromatic heterocycles. The molecule has 1 aromatic rings. The highest BCUT2D eigenvalue weighted by molar-refractivity contribution is 5.04. The fourth-order valence-electron chi connectivity index (χ4n) is 1.80. The van der Waals surface area contributed by atoms with Crippen molar-refractivity contribution in [1.29, 1.82) is 0 Å². The Morgan fingerprint density at radius 2 is 2.23 bits per heavy atom. The van der Waals surface area contributed by atoms with Gasteiger partial charge in [0.2, 0.25) is 0 Å². The van der Waals surface area contributed by atoms with Crippen LogP contribution in [0.15, 0.2) is 12.3 Å². The lowest BCUT2D eigenvalue weighted by atomic mass is 9.88. The van der Waals surface area contributed by atoms with Gasteiger partial charge in [-0.2, -0.15) is 5.10 Å². The van der Waals surface area contributed by atoms with Gasteiger partial charge in [0, 0.05) is 12.6 Å². The Bertz CT molecular complexity index is 252. The fraction of sp³-hybridized carbons (Fsp3) is 0.667. The van der Waals surface area contributed by atoms with Crippen molar-refractivity contribution in [3.05, 3.63) is 18.0 Å². The summed E-state index contributed by atoms with van der Waals surface area (Å²) in [5.41, 5.74) is 0.407. The average Bonchev–Trinajstić information content (AvgIpc) is 2.57. The maximum Gasteiger partial charge on any atom is 0.0727 e. The van der Waals surface area contributed by atoms with Crippen molar-refractivity contribution in [2.45, 2.75) is 24.9 Å². The predicted octanol–water partition coefficient (Wildman–Crippen LogP) is 0.0667. The lowest BCUT2D eigenvalue weighted by molar-refractivity contribution is 0.0100. The summed E-state index contributed by atoms with van der Waals surface area (Å²) in [4.78, 5) is 0. The van der Waals surface area contributed by atoms with Crippen LogP contribution < -0.4 is 5.32 Å². The third-order valence-electron chi connectivity index (χ3n) is 2.60. The minimum Gasteiger partial charge on any atom is -0.389 e. The largest absolute Gasteiger partial charge is 0.389 e. The smallest absolute Gasteiger partial charge is 0.0727 e. The molecule has 1 saturated heterocycles. The number of rotatable bonds is 2. The van der Waals surface area contributed by atoms with Gasteiger partial charge in [0.25, 0.3) is 0 Å². The van der Waals surface area contributed by atoms with Gasteiger partial charge in [-0.05, 0) is 32.0 Å². The Kier molecular flexibility index (Phi) is 2.33. The molecule has 2 rings (SSSR count). The Morgan fingerprint density at radius 3 is 2.85 bits per heavy atom. The van der Waals surface area contributed by atoms with E-state index in [4.69, 9.17) is 0 Å². The molecule has 1 fully saturated rings. The van der Waals surface area contributed by atoms with Crippen LogP contribution in [-0.4, -0.2) is 34.0 Å². The molecule has 72 valence electrons. The molecule has 0 aromatic carbocycles. The van der Waals surface area contributed by atoms with Gasteiger partial charge < -0.3 is 10.4 Å². The van der Waals surface area contributed by atoms with Crippen molar-refractivity contribution in [2.24, 2.45) is 0 Å². The van der Waals surface area contributed by atoms with Gasteiger partial charge in [0.05, 0.1) is 11.3 Å². The third-order valence-corrected chi connectivity index (χ3v) is 2.60. The minimum absolute atomic E-state index is 0.541. The minimum atomic E-state index is -0.541. The quantitative estimate of drug-likeness (QED) is 0.605. The summed E-state index contributed by atoms with van der Waals surface area (Å²) in [6, 6.07) is 1.92. The van der Waals surface area contributed by atoms with Crippen LogP contribution in [0, 0.1) is 0 Å². The number of piperidine rings is 1. The van der Waals surface area contributed by atoms with E-state index in [9.17, 15) is 5.11 Å². The Morgan fingerprint density at radius 1 is 1.46 bits per heavy atom. The van der Waals surface area contributed by atoms with Crippen molar-refractivity contribution < 1.29 is 5.11 Å². The monoisotopic (exact) mass is 181 g/mol. The zero-order valence-electron chi connectivity index (χ0n) is 7.58. The summed E-state index contributed by atoms with van der Waals surface area (Å²) in [5, 5.41) is 20.2. The standard InChI is InChI=1S/C9H15N3O/c13-9(2-5-10-6-3-9)7-8-1-4-11-12-8/h1,4,10,13H,2-3,5-7H2,(H,11,12). The van der Waals surface area contributed by atoms with Gasteiger partial charge >= 0.3 is 0 Å². The molecule has 0 aliphatic carbocycles. The maximum atomic E-state index is 10.1. The normalized spacial score (nSPS) is 21.6. The summed E-state index contributed by atoms with van der Waals surface area (Å²) in [6.45, 7) is 1.81. The second-order valence-corrected chi connectivity index (χ2v) is 3.72. The molecule has 4 heteroatoms. The molecule has 1 aliphatic heterocycles. The zero-order valence-corrected chi connectivity index (χ0v) is 7.58. The van der Waals surface area contributed by atoms with Gasteiger partial charge in [-0.25, -0.2) is 0 Å². The van der Waals surface area contributed by atoms with Gasteiger partial charge in [-0.1, -0.05) is 0 Å². The van der Waals surface area contributed by atoms with E-state index in [2.05, 4.69) is 15.5 Å². The highest BCUT2D eigenvalue weighted by Crippen LogP contribution is 2.21. The highest BCUT2D eigenvalue weighted by atomic mass is 16.3. The molecule has 0 radical (unpaired) electrons. The van der Waals surface area contributed by atoms with E-state index < -0.39 is 5.60 Å². The topological polar surface area (TPSA) is 60.9 Å². The maximum absolute atomic E-state index is 10.1. The number of aromatic amines is 1. The number of hydrogen-bond donors (Lipinski definition) is 3. The van der Waals surface area contributed by atoms with E-state index in [-0.39, 0.29) is 0 Å². The Labute approximate surface area is 77.4 Å². The first-order valence-corrected chi connectivity index (χ1v) is 4.70. The van der Waals surface area contributed by atoms with Crippen LogP contribution in [0.5, 0.6) is 0 Å². The first kappa shape index (κ1) is 8.72. The summed E-state index contributed by atoms with van der Waals surface area (Å²) in [5.74, 6) is 0. The van der Waals surface area contributed by atoms with E-state index in [0.29, 0.717) is 6.42 Å². The zero-order chi connectivity index (χ0) is 9.15. The van der Waals surface area contributed by atoms with E-state index in [1.165, 1.54) is 0 Å². The van der Waals surface area contributed by atoms with E-state index >= 15 is 0 Å². The van der Waals surface area contributed by atoms with Crippen LogP contribution in [-0.2, 0) is 6.42 Å². The molecule has 13 heavy (non-hydrogen) atoms. The molecule has 0 amide bonds. The molecule has 0 bridgehead atoms. The number of aromatic nitrogens is 2. The van der Waals surface area contributed by atoms with E-state index in [1.807, 2.05) is 6.07 Å². The number of hydrogen-bond acceptors (Lipinski definition) is 3. The van der Waals surface area contributed by atoms with Crippen LogP contribution in [0.2, 0.25) is 0 Å². The van der Waals surface area contributed by atoms with Crippen molar-refractivity contribution in [3.8, 4) is 0 Å². The molecule has 0 saturated carbocycles. The number of nitrogens with zero attached hydrogens (tertiary/aromatic N) is 1. The lowest BCUT2D eigenvalue weighted by Crippen LogP contribution is -2.43. The second kappa shape index (κ2) is 3.47.